The first-order valence-electron chi connectivity index (χ1n) is 8.69. The second-order valence-electron chi connectivity index (χ2n) is 7.24. The van der Waals surface area contributed by atoms with Crippen LogP contribution in [-0.4, -0.2) is 24.1 Å². The van der Waals surface area contributed by atoms with E-state index in [1.54, 1.807) is 0 Å². The third-order valence-corrected chi connectivity index (χ3v) is 3.95. The average Bonchev–Trinajstić information content (AvgIpc) is 2.50. The topological polar surface area (TPSA) is 67.4 Å². The number of rotatable bonds is 5. The van der Waals surface area contributed by atoms with E-state index in [-0.39, 0.29) is 11.9 Å². The number of carbonyl (C=O) groups is 2. The van der Waals surface area contributed by atoms with Crippen LogP contribution >= 0.6 is 0 Å². The first-order chi connectivity index (χ1) is 11.3. The minimum atomic E-state index is -0.504. The average molecular weight is 332 g/mol. The van der Waals surface area contributed by atoms with E-state index in [4.69, 9.17) is 4.74 Å². The van der Waals surface area contributed by atoms with Gasteiger partial charge < -0.3 is 15.4 Å². The Morgan fingerprint density at radius 3 is 2.75 bits per heavy atom. The van der Waals surface area contributed by atoms with Crippen LogP contribution in [0.3, 0.4) is 0 Å². The Kier molecular flexibility index (Phi) is 6.23. The predicted molar refractivity (Wildman–Crippen MR) is 93.7 cm³/mol. The van der Waals surface area contributed by atoms with Crippen LogP contribution in [0.2, 0.25) is 0 Å². The lowest BCUT2D eigenvalue weighted by Gasteiger charge is -2.26. The summed E-state index contributed by atoms with van der Waals surface area (Å²) in [4.78, 5) is 23.7. The Hall–Kier alpha value is -2.04. The fourth-order valence-electron chi connectivity index (χ4n) is 2.92. The molecule has 2 N–H and O–H groups in total. The number of carbonyl (C=O) groups excluding carboxylic acids is 2. The molecule has 1 aromatic carbocycles. The SMILES string of the molecule is CC(C)(C)OC(=O)NCCCC(=O)NC1CCCc2ccccc21. The number of benzene rings is 1. The highest BCUT2D eigenvalue weighted by Gasteiger charge is 2.21. The Morgan fingerprint density at radius 1 is 1.25 bits per heavy atom. The maximum atomic E-state index is 12.1. The Morgan fingerprint density at radius 2 is 2.00 bits per heavy atom. The summed E-state index contributed by atoms with van der Waals surface area (Å²) in [6, 6.07) is 8.42. The van der Waals surface area contributed by atoms with Crippen LogP contribution in [-0.2, 0) is 16.0 Å². The second-order valence-corrected chi connectivity index (χ2v) is 7.24. The summed E-state index contributed by atoms with van der Waals surface area (Å²) < 4.78 is 5.15. The summed E-state index contributed by atoms with van der Waals surface area (Å²) in [6.07, 6.45) is 3.72. The molecule has 0 saturated heterocycles. The van der Waals surface area contributed by atoms with Gasteiger partial charge in [0, 0.05) is 13.0 Å². The van der Waals surface area contributed by atoms with Crippen molar-refractivity contribution in [3.8, 4) is 0 Å². The molecule has 5 heteroatoms. The molecule has 1 unspecified atom stereocenters. The van der Waals surface area contributed by atoms with Crippen molar-refractivity contribution in [2.75, 3.05) is 6.54 Å². The van der Waals surface area contributed by atoms with Crippen LogP contribution in [0, 0.1) is 0 Å². The number of aryl methyl sites for hydroxylation is 1. The van der Waals surface area contributed by atoms with E-state index in [0.29, 0.717) is 19.4 Å². The summed E-state index contributed by atoms with van der Waals surface area (Å²) in [5.41, 5.74) is 2.07. The number of fused-ring (bicyclic) bond motifs is 1. The minimum absolute atomic E-state index is 0.0303. The van der Waals surface area contributed by atoms with Crippen LogP contribution in [0.1, 0.15) is 63.6 Å². The van der Waals surface area contributed by atoms with Crippen molar-refractivity contribution in [1.82, 2.24) is 10.6 Å². The highest BCUT2D eigenvalue weighted by atomic mass is 16.6. The van der Waals surface area contributed by atoms with E-state index >= 15 is 0 Å². The number of hydrogen-bond donors (Lipinski definition) is 2. The molecule has 1 aliphatic rings. The number of amides is 2. The number of hydrogen-bond acceptors (Lipinski definition) is 3. The third kappa shape index (κ3) is 5.87. The molecule has 5 nitrogen and oxygen atoms in total. The highest BCUT2D eigenvalue weighted by Crippen LogP contribution is 2.29. The van der Waals surface area contributed by atoms with Gasteiger partial charge >= 0.3 is 6.09 Å². The van der Waals surface area contributed by atoms with Gasteiger partial charge in [-0.15, -0.1) is 0 Å². The number of alkyl carbamates (subject to hydrolysis) is 1. The number of ether oxygens (including phenoxy) is 1. The minimum Gasteiger partial charge on any atom is -0.444 e. The lowest BCUT2D eigenvalue weighted by Crippen LogP contribution is -2.34. The third-order valence-electron chi connectivity index (χ3n) is 3.95. The van der Waals surface area contributed by atoms with Gasteiger partial charge in [-0.25, -0.2) is 4.79 Å². The molecule has 0 fully saturated rings. The van der Waals surface area contributed by atoms with Crippen LogP contribution in [0.25, 0.3) is 0 Å². The van der Waals surface area contributed by atoms with Crippen LogP contribution in [0.15, 0.2) is 24.3 Å². The van der Waals surface area contributed by atoms with Gasteiger partial charge in [-0.1, -0.05) is 24.3 Å². The smallest absolute Gasteiger partial charge is 0.407 e. The van der Waals surface area contributed by atoms with Crippen molar-refractivity contribution < 1.29 is 14.3 Å². The van der Waals surface area contributed by atoms with Crippen LogP contribution in [0.4, 0.5) is 4.79 Å². The molecule has 0 aliphatic heterocycles. The van der Waals surface area contributed by atoms with Crippen molar-refractivity contribution in [2.45, 2.75) is 64.5 Å². The molecule has 0 aromatic heterocycles. The van der Waals surface area contributed by atoms with E-state index in [1.165, 1.54) is 11.1 Å². The second kappa shape index (κ2) is 8.18. The van der Waals surface area contributed by atoms with Gasteiger partial charge in [0.1, 0.15) is 5.60 Å². The van der Waals surface area contributed by atoms with Gasteiger partial charge in [0.25, 0.3) is 0 Å². The van der Waals surface area contributed by atoms with E-state index in [1.807, 2.05) is 32.9 Å². The molecule has 0 spiro atoms. The molecule has 1 atom stereocenters. The van der Waals surface area contributed by atoms with Gasteiger partial charge in [0.2, 0.25) is 5.91 Å². The summed E-state index contributed by atoms with van der Waals surface area (Å²) in [6.45, 7) is 5.90. The van der Waals surface area contributed by atoms with Crippen molar-refractivity contribution in [1.29, 1.82) is 0 Å². The zero-order valence-electron chi connectivity index (χ0n) is 14.9. The van der Waals surface area contributed by atoms with Gasteiger partial charge in [-0.05, 0) is 57.6 Å². The fourth-order valence-corrected chi connectivity index (χ4v) is 2.92. The zero-order valence-corrected chi connectivity index (χ0v) is 14.9. The Bertz CT molecular complexity index is 578. The molecule has 0 heterocycles. The van der Waals surface area contributed by atoms with Crippen LogP contribution < -0.4 is 10.6 Å². The van der Waals surface area contributed by atoms with E-state index < -0.39 is 11.7 Å². The fraction of sp³-hybridized carbons (Fsp3) is 0.579. The molecule has 1 aromatic rings. The Balaban J connectivity index is 1.70. The summed E-state index contributed by atoms with van der Waals surface area (Å²) in [5, 5.41) is 5.79. The monoisotopic (exact) mass is 332 g/mol. The normalized spacial score (nSPS) is 16.9. The molecular weight excluding hydrogens is 304 g/mol. The lowest BCUT2D eigenvalue weighted by molar-refractivity contribution is -0.122. The van der Waals surface area contributed by atoms with Crippen molar-refractivity contribution >= 4 is 12.0 Å². The van der Waals surface area contributed by atoms with Crippen molar-refractivity contribution in [3.05, 3.63) is 35.4 Å². The molecule has 2 amide bonds. The molecule has 0 saturated carbocycles. The van der Waals surface area contributed by atoms with Gasteiger partial charge in [-0.2, -0.15) is 0 Å². The van der Waals surface area contributed by atoms with E-state index in [0.717, 1.165) is 19.3 Å². The highest BCUT2D eigenvalue weighted by molar-refractivity contribution is 5.76. The van der Waals surface area contributed by atoms with Gasteiger partial charge in [-0.3, -0.25) is 4.79 Å². The van der Waals surface area contributed by atoms with Crippen molar-refractivity contribution in [2.24, 2.45) is 0 Å². The summed E-state index contributed by atoms with van der Waals surface area (Å²) in [7, 11) is 0. The predicted octanol–water partition coefficient (Wildman–Crippen LogP) is 3.49. The Labute approximate surface area is 144 Å². The molecule has 1 aliphatic carbocycles. The summed E-state index contributed by atoms with van der Waals surface area (Å²) >= 11 is 0. The number of nitrogens with one attached hydrogen (secondary N) is 2. The molecule has 24 heavy (non-hydrogen) atoms. The van der Waals surface area contributed by atoms with Crippen LogP contribution in [0.5, 0.6) is 0 Å². The lowest BCUT2D eigenvalue weighted by atomic mass is 9.87. The zero-order chi connectivity index (χ0) is 17.6. The molecule has 0 bridgehead atoms. The molecular formula is C19H28N2O3. The quantitative estimate of drug-likeness (QED) is 0.811. The molecule has 2 rings (SSSR count). The maximum Gasteiger partial charge on any atom is 0.407 e. The van der Waals surface area contributed by atoms with Gasteiger partial charge in [0.05, 0.1) is 6.04 Å². The summed E-state index contributed by atoms with van der Waals surface area (Å²) in [5.74, 6) is 0.0303. The molecule has 132 valence electrons. The van der Waals surface area contributed by atoms with E-state index in [2.05, 4.69) is 22.8 Å². The van der Waals surface area contributed by atoms with Crippen molar-refractivity contribution in [3.63, 3.8) is 0 Å². The first-order valence-corrected chi connectivity index (χ1v) is 8.69. The standard InChI is InChI=1S/C19H28N2O3/c1-19(2,3)24-18(23)20-13-7-12-17(22)21-16-11-6-9-14-8-4-5-10-15(14)16/h4-5,8,10,16H,6-7,9,11-13H2,1-3H3,(H,20,23)(H,21,22). The first kappa shape index (κ1) is 18.3. The largest absolute Gasteiger partial charge is 0.444 e. The maximum absolute atomic E-state index is 12.1. The van der Waals surface area contributed by atoms with Gasteiger partial charge in [0.15, 0.2) is 0 Å². The molecule has 0 radical (unpaired) electrons. The van der Waals surface area contributed by atoms with E-state index in [9.17, 15) is 9.59 Å².